The highest BCUT2D eigenvalue weighted by atomic mass is 16.5. The number of nitrogens with zero attached hydrogens (tertiary/aromatic N) is 7. The molecule has 1 fully saturated rings. The van der Waals surface area contributed by atoms with Gasteiger partial charge in [-0.3, -0.25) is 0 Å². The molecule has 1 aliphatic heterocycles. The Hall–Kier alpha value is -3.51. The van der Waals surface area contributed by atoms with Gasteiger partial charge >= 0.3 is 0 Å². The smallest absolute Gasteiger partial charge is 0.253 e. The van der Waals surface area contributed by atoms with Crippen LogP contribution in [0.25, 0.3) is 17.3 Å². The van der Waals surface area contributed by atoms with Crippen LogP contribution in [0.4, 0.5) is 11.6 Å². The minimum absolute atomic E-state index is 0.109. The lowest BCUT2D eigenvalue weighted by Crippen LogP contribution is -2.37. The summed E-state index contributed by atoms with van der Waals surface area (Å²) in [5.74, 6) is 1.27. The fraction of sp³-hybridized carbons (Fsp3) is 0.381. The molecule has 9 nitrogen and oxygen atoms in total. The van der Waals surface area contributed by atoms with E-state index in [-0.39, 0.29) is 11.4 Å². The Kier molecular flexibility index (Phi) is 5.33. The molecule has 0 bridgehead atoms. The predicted octanol–water partition coefficient (Wildman–Crippen LogP) is 2.41. The van der Waals surface area contributed by atoms with Gasteiger partial charge in [0.2, 0.25) is 0 Å². The second kappa shape index (κ2) is 8.08. The Bertz CT molecular complexity index is 1110. The SMILES string of the molecule is COC1CCN(c2cccc(-c3nc(-n4nc(C)cc4C)nc(N)c3C#N)n2)CC1. The highest BCUT2D eigenvalue weighted by molar-refractivity contribution is 5.71. The molecule has 3 aromatic rings. The summed E-state index contributed by atoms with van der Waals surface area (Å²) in [7, 11) is 1.75. The molecule has 0 saturated carbocycles. The minimum atomic E-state index is 0.109. The zero-order chi connectivity index (χ0) is 21.3. The summed E-state index contributed by atoms with van der Waals surface area (Å²) in [5.41, 5.74) is 9.03. The van der Waals surface area contributed by atoms with Crippen molar-refractivity contribution in [3.63, 3.8) is 0 Å². The number of anilines is 2. The van der Waals surface area contributed by atoms with Crippen LogP contribution in [0.15, 0.2) is 24.3 Å². The molecule has 4 heterocycles. The molecule has 0 spiro atoms. The van der Waals surface area contributed by atoms with Crippen LogP contribution in [0.5, 0.6) is 0 Å². The van der Waals surface area contributed by atoms with Gasteiger partial charge in [0.05, 0.1) is 17.5 Å². The molecule has 30 heavy (non-hydrogen) atoms. The second-order valence-corrected chi connectivity index (χ2v) is 7.39. The maximum absolute atomic E-state index is 9.67. The van der Waals surface area contributed by atoms with Gasteiger partial charge in [-0.15, -0.1) is 0 Å². The van der Waals surface area contributed by atoms with Crippen molar-refractivity contribution in [2.45, 2.75) is 32.8 Å². The maximum atomic E-state index is 9.67. The summed E-state index contributed by atoms with van der Waals surface area (Å²) >= 11 is 0. The highest BCUT2D eigenvalue weighted by Gasteiger charge is 2.22. The zero-order valence-electron chi connectivity index (χ0n) is 17.3. The first kappa shape index (κ1) is 19.8. The van der Waals surface area contributed by atoms with Crippen LogP contribution in [-0.2, 0) is 4.74 Å². The minimum Gasteiger partial charge on any atom is -0.382 e. The first-order valence-electron chi connectivity index (χ1n) is 9.86. The number of pyridine rings is 1. The van der Waals surface area contributed by atoms with Crippen molar-refractivity contribution in [2.24, 2.45) is 0 Å². The van der Waals surface area contributed by atoms with E-state index < -0.39 is 0 Å². The third-order valence-electron chi connectivity index (χ3n) is 5.31. The quantitative estimate of drug-likeness (QED) is 0.704. The lowest BCUT2D eigenvalue weighted by molar-refractivity contribution is 0.0818. The van der Waals surface area contributed by atoms with Gasteiger partial charge in [0.25, 0.3) is 5.95 Å². The van der Waals surface area contributed by atoms with Gasteiger partial charge in [0.15, 0.2) is 0 Å². The van der Waals surface area contributed by atoms with Crippen molar-refractivity contribution in [1.82, 2.24) is 24.7 Å². The van der Waals surface area contributed by atoms with Crippen molar-refractivity contribution >= 4 is 11.6 Å². The van der Waals surface area contributed by atoms with Gasteiger partial charge in [0, 0.05) is 25.9 Å². The molecule has 0 atom stereocenters. The van der Waals surface area contributed by atoms with Gasteiger partial charge in [-0.2, -0.15) is 15.3 Å². The van der Waals surface area contributed by atoms with Crippen molar-refractivity contribution in [2.75, 3.05) is 30.8 Å². The van der Waals surface area contributed by atoms with Crippen LogP contribution in [0, 0.1) is 25.2 Å². The first-order valence-corrected chi connectivity index (χ1v) is 9.86. The predicted molar refractivity (Wildman–Crippen MR) is 113 cm³/mol. The summed E-state index contributed by atoms with van der Waals surface area (Å²) in [4.78, 5) is 15.9. The largest absolute Gasteiger partial charge is 0.382 e. The summed E-state index contributed by atoms with van der Waals surface area (Å²) in [6.45, 7) is 5.54. The number of nitriles is 1. The molecule has 0 radical (unpaired) electrons. The Morgan fingerprint density at radius 3 is 2.57 bits per heavy atom. The molecule has 2 N–H and O–H groups in total. The number of rotatable bonds is 4. The molecular weight excluding hydrogens is 380 g/mol. The van der Waals surface area contributed by atoms with Gasteiger partial charge in [-0.25, -0.2) is 14.6 Å². The van der Waals surface area contributed by atoms with E-state index in [1.165, 1.54) is 0 Å². The summed E-state index contributed by atoms with van der Waals surface area (Å²) < 4.78 is 7.08. The number of piperidine rings is 1. The van der Waals surface area contributed by atoms with E-state index in [9.17, 15) is 5.26 Å². The molecule has 4 rings (SSSR count). The number of nitrogens with two attached hydrogens (primary N) is 1. The zero-order valence-corrected chi connectivity index (χ0v) is 17.3. The first-order chi connectivity index (χ1) is 14.5. The van der Waals surface area contributed by atoms with Crippen molar-refractivity contribution < 1.29 is 4.74 Å². The average molecular weight is 404 g/mol. The summed E-state index contributed by atoms with van der Waals surface area (Å²) in [6, 6.07) is 9.77. The van der Waals surface area contributed by atoms with Crippen molar-refractivity contribution in [3.05, 3.63) is 41.2 Å². The molecule has 3 aromatic heterocycles. The Balaban J connectivity index is 1.75. The standard InChI is InChI=1S/C21H24N8O/c1-13-11-14(2)29(27-13)21-25-19(16(12-22)20(23)26-21)17-5-4-6-18(24-17)28-9-7-15(30-3)8-10-28/h4-6,11,15H,7-10H2,1-3H3,(H2,23,25,26). The van der Waals surface area contributed by atoms with Gasteiger partial charge in [-0.1, -0.05) is 6.07 Å². The van der Waals surface area contributed by atoms with Gasteiger partial charge in [-0.05, 0) is 44.9 Å². The lowest BCUT2D eigenvalue weighted by Gasteiger charge is -2.32. The Morgan fingerprint density at radius 2 is 1.93 bits per heavy atom. The summed E-state index contributed by atoms with van der Waals surface area (Å²) in [5, 5.41) is 14.1. The fourth-order valence-corrected chi connectivity index (χ4v) is 3.74. The molecule has 0 unspecified atom stereocenters. The van der Waals surface area contributed by atoms with Gasteiger partial charge in [0.1, 0.15) is 29.0 Å². The molecular formula is C21H24N8O. The van der Waals surface area contributed by atoms with E-state index >= 15 is 0 Å². The number of ether oxygens (including phenoxy) is 1. The third kappa shape index (κ3) is 3.69. The van der Waals surface area contributed by atoms with E-state index in [4.69, 9.17) is 15.5 Å². The van der Waals surface area contributed by atoms with Crippen LogP contribution < -0.4 is 10.6 Å². The second-order valence-electron chi connectivity index (χ2n) is 7.39. The number of nitrogen functional groups attached to an aromatic ring is 1. The van der Waals surface area contributed by atoms with E-state index in [0.717, 1.165) is 43.1 Å². The topological polar surface area (TPSA) is 119 Å². The van der Waals surface area contributed by atoms with Crippen LogP contribution >= 0.6 is 0 Å². The third-order valence-corrected chi connectivity index (χ3v) is 5.31. The van der Waals surface area contributed by atoms with Crippen LogP contribution in [0.3, 0.4) is 0 Å². The van der Waals surface area contributed by atoms with E-state index in [2.05, 4.69) is 26.0 Å². The van der Waals surface area contributed by atoms with Crippen LogP contribution in [0.2, 0.25) is 0 Å². The summed E-state index contributed by atoms with van der Waals surface area (Å²) in [6.07, 6.45) is 2.20. The lowest BCUT2D eigenvalue weighted by atomic mass is 10.1. The molecule has 1 saturated heterocycles. The number of aromatic nitrogens is 5. The Labute approximate surface area is 175 Å². The van der Waals surface area contributed by atoms with Crippen molar-refractivity contribution in [3.8, 4) is 23.4 Å². The van der Waals surface area contributed by atoms with Crippen LogP contribution in [0.1, 0.15) is 29.8 Å². The Morgan fingerprint density at radius 1 is 1.17 bits per heavy atom. The van der Waals surface area contributed by atoms with Crippen LogP contribution in [-0.4, -0.2) is 51.0 Å². The molecule has 0 amide bonds. The van der Waals surface area contributed by atoms with E-state index in [1.807, 2.05) is 38.1 Å². The number of hydrogen-bond acceptors (Lipinski definition) is 8. The molecule has 0 aromatic carbocycles. The molecule has 9 heteroatoms. The monoisotopic (exact) mass is 404 g/mol. The number of methoxy groups -OCH3 is 1. The highest BCUT2D eigenvalue weighted by Crippen LogP contribution is 2.27. The van der Waals surface area contributed by atoms with Crippen molar-refractivity contribution in [1.29, 1.82) is 5.26 Å². The molecule has 154 valence electrons. The average Bonchev–Trinajstić information content (AvgIpc) is 3.11. The molecule has 1 aliphatic rings. The van der Waals surface area contributed by atoms with E-state index in [1.54, 1.807) is 11.8 Å². The fourth-order valence-electron chi connectivity index (χ4n) is 3.74. The number of hydrogen-bond donors (Lipinski definition) is 1. The number of aryl methyl sites for hydroxylation is 2. The van der Waals surface area contributed by atoms with E-state index in [0.29, 0.717) is 23.4 Å². The normalized spacial score (nSPS) is 14.7. The van der Waals surface area contributed by atoms with Gasteiger partial charge < -0.3 is 15.4 Å². The maximum Gasteiger partial charge on any atom is 0.253 e. The molecule has 0 aliphatic carbocycles.